The van der Waals surface area contributed by atoms with E-state index in [0.717, 1.165) is 0 Å². The van der Waals surface area contributed by atoms with E-state index in [9.17, 15) is 15.3 Å². The van der Waals surface area contributed by atoms with Crippen molar-refractivity contribution in [3.63, 3.8) is 0 Å². The number of nitrogens with two attached hydrogens (primary N) is 1. The minimum atomic E-state index is -0.664. The van der Waals surface area contributed by atoms with E-state index in [-0.39, 0.29) is 22.5 Å². The number of benzene rings is 2. The summed E-state index contributed by atoms with van der Waals surface area (Å²) >= 11 is 0. The third-order valence-corrected chi connectivity index (χ3v) is 3.91. The highest BCUT2D eigenvalue weighted by atomic mass is 16.5. The van der Waals surface area contributed by atoms with E-state index < -0.39 is 5.56 Å². The van der Waals surface area contributed by atoms with Crippen molar-refractivity contribution < 1.29 is 9.47 Å². The van der Waals surface area contributed by atoms with Gasteiger partial charge in [-0.25, -0.2) is 0 Å². The van der Waals surface area contributed by atoms with E-state index in [1.54, 1.807) is 55.6 Å². The number of H-pyrrole nitrogens is 1. The Kier molecular flexibility index (Phi) is 4.78. The maximum absolute atomic E-state index is 12.2. The van der Waals surface area contributed by atoms with Crippen LogP contribution in [0.4, 0.5) is 5.82 Å². The van der Waals surface area contributed by atoms with Crippen LogP contribution in [0.15, 0.2) is 53.3 Å². The fourth-order valence-electron chi connectivity index (χ4n) is 2.65. The number of nitriles is 2. The van der Waals surface area contributed by atoms with Crippen LogP contribution in [-0.4, -0.2) is 12.1 Å². The van der Waals surface area contributed by atoms with Crippen LogP contribution in [0.3, 0.4) is 0 Å². The first-order chi connectivity index (χ1) is 13.1. The number of hydrogen-bond donors (Lipinski definition) is 2. The molecule has 0 radical (unpaired) electrons. The molecule has 2 aromatic carbocycles. The second-order valence-corrected chi connectivity index (χ2v) is 5.49. The molecule has 0 saturated carbocycles. The van der Waals surface area contributed by atoms with Crippen LogP contribution in [0.25, 0.3) is 11.1 Å². The van der Waals surface area contributed by atoms with Gasteiger partial charge in [-0.05, 0) is 30.3 Å². The van der Waals surface area contributed by atoms with Gasteiger partial charge in [-0.2, -0.15) is 10.5 Å². The summed E-state index contributed by atoms with van der Waals surface area (Å²) in [5.41, 5.74) is 5.49. The molecular formula is C20H14N4O3. The maximum atomic E-state index is 12.2. The number of ether oxygens (including phenoxy) is 2. The second kappa shape index (κ2) is 7.34. The zero-order valence-electron chi connectivity index (χ0n) is 14.3. The number of hydrogen-bond acceptors (Lipinski definition) is 6. The van der Waals surface area contributed by atoms with Gasteiger partial charge in [0.05, 0.1) is 7.11 Å². The predicted octanol–water partition coefficient (Wildman–Crippen LogP) is 3.17. The van der Waals surface area contributed by atoms with Crippen LogP contribution in [0, 0.1) is 22.7 Å². The summed E-state index contributed by atoms with van der Waals surface area (Å²) in [4.78, 5) is 14.5. The summed E-state index contributed by atoms with van der Waals surface area (Å²) in [6.07, 6.45) is 0. The molecule has 0 spiro atoms. The highest BCUT2D eigenvalue weighted by molar-refractivity contribution is 5.83. The monoisotopic (exact) mass is 358 g/mol. The fraction of sp³-hybridized carbons (Fsp3) is 0.0500. The lowest BCUT2D eigenvalue weighted by Crippen LogP contribution is -2.16. The van der Waals surface area contributed by atoms with Crippen LogP contribution in [0.1, 0.15) is 11.1 Å². The molecule has 0 aliphatic carbocycles. The number of nitrogens with one attached hydrogen (secondary N) is 1. The summed E-state index contributed by atoms with van der Waals surface area (Å²) < 4.78 is 11.0. The number of rotatable bonds is 4. The average molecular weight is 358 g/mol. The molecule has 27 heavy (non-hydrogen) atoms. The van der Waals surface area contributed by atoms with Crippen LogP contribution < -0.4 is 20.8 Å². The smallest absolute Gasteiger partial charge is 0.268 e. The van der Waals surface area contributed by atoms with E-state index in [4.69, 9.17) is 15.2 Å². The third-order valence-electron chi connectivity index (χ3n) is 3.91. The largest absolute Gasteiger partial charge is 0.497 e. The molecule has 3 N–H and O–H groups in total. The lowest BCUT2D eigenvalue weighted by Gasteiger charge is -2.14. The molecule has 0 fully saturated rings. The van der Waals surface area contributed by atoms with E-state index in [0.29, 0.717) is 22.8 Å². The SMILES string of the molecule is COc1ccc(Oc2ccccc2-c2c(C#N)c(N)[nH]c(=O)c2C#N)cc1. The van der Waals surface area contributed by atoms with Crippen molar-refractivity contribution in [3.05, 3.63) is 70.0 Å². The molecule has 3 rings (SSSR count). The molecule has 0 aliphatic heterocycles. The van der Waals surface area contributed by atoms with Crippen LogP contribution in [0.5, 0.6) is 17.2 Å². The van der Waals surface area contributed by atoms with Crippen molar-refractivity contribution in [2.75, 3.05) is 12.8 Å². The Morgan fingerprint density at radius 1 is 0.963 bits per heavy atom. The number of para-hydroxylation sites is 1. The van der Waals surface area contributed by atoms with Gasteiger partial charge in [0, 0.05) is 11.1 Å². The number of aromatic amines is 1. The first kappa shape index (κ1) is 17.6. The molecule has 7 nitrogen and oxygen atoms in total. The Labute approximate surface area is 154 Å². The van der Waals surface area contributed by atoms with Crippen molar-refractivity contribution in [3.8, 4) is 40.5 Å². The van der Waals surface area contributed by atoms with E-state index >= 15 is 0 Å². The molecule has 0 amide bonds. The minimum Gasteiger partial charge on any atom is -0.497 e. The quantitative estimate of drug-likeness (QED) is 0.738. The van der Waals surface area contributed by atoms with Gasteiger partial charge in [0.25, 0.3) is 5.56 Å². The topological polar surface area (TPSA) is 125 Å². The fourth-order valence-corrected chi connectivity index (χ4v) is 2.65. The summed E-state index contributed by atoms with van der Waals surface area (Å²) in [5.74, 6) is 1.48. The normalized spacial score (nSPS) is 9.89. The second-order valence-electron chi connectivity index (χ2n) is 5.49. The summed E-state index contributed by atoms with van der Waals surface area (Å²) in [5, 5.41) is 18.9. The minimum absolute atomic E-state index is 0.0110. The lowest BCUT2D eigenvalue weighted by molar-refractivity contribution is 0.413. The van der Waals surface area contributed by atoms with Gasteiger partial charge in [-0.15, -0.1) is 0 Å². The standard InChI is InChI=1S/C20H14N4O3/c1-26-12-6-8-13(9-7-12)27-17-5-3-2-4-14(17)18-15(10-21)19(23)24-20(25)16(18)11-22/h2-9H,1H3,(H3,23,24,25). The van der Waals surface area contributed by atoms with Crippen LogP contribution in [-0.2, 0) is 0 Å². The number of methoxy groups -OCH3 is 1. The van der Waals surface area contributed by atoms with Gasteiger partial charge < -0.3 is 20.2 Å². The number of nitrogen functional groups attached to an aromatic ring is 1. The highest BCUT2D eigenvalue weighted by Gasteiger charge is 2.21. The zero-order valence-corrected chi connectivity index (χ0v) is 14.3. The maximum Gasteiger partial charge on any atom is 0.268 e. The average Bonchev–Trinajstić information content (AvgIpc) is 2.68. The molecule has 0 saturated heterocycles. The number of aromatic nitrogens is 1. The molecule has 0 unspecified atom stereocenters. The third kappa shape index (κ3) is 3.30. The van der Waals surface area contributed by atoms with Crippen molar-refractivity contribution in [2.45, 2.75) is 0 Å². The lowest BCUT2D eigenvalue weighted by atomic mass is 9.96. The molecule has 0 atom stereocenters. The molecule has 1 heterocycles. The predicted molar refractivity (Wildman–Crippen MR) is 99.4 cm³/mol. The molecule has 7 heteroatoms. The molecule has 3 aromatic rings. The van der Waals surface area contributed by atoms with Gasteiger partial charge in [0.2, 0.25) is 0 Å². The molecule has 0 bridgehead atoms. The Hall–Kier alpha value is -4.23. The molecule has 1 aromatic heterocycles. The van der Waals surface area contributed by atoms with Gasteiger partial charge >= 0.3 is 0 Å². The number of pyridine rings is 1. The van der Waals surface area contributed by atoms with Gasteiger partial charge in [0.1, 0.15) is 46.3 Å². The van der Waals surface area contributed by atoms with Gasteiger partial charge in [0.15, 0.2) is 0 Å². The zero-order chi connectivity index (χ0) is 19.4. The van der Waals surface area contributed by atoms with E-state index in [1.807, 2.05) is 12.1 Å². The number of nitrogens with zero attached hydrogens (tertiary/aromatic N) is 2. The molecule has 0 aliphatic rings. The van der Waals surface area contributed by atoms with Crippen LogP contribution in [0.2, 0.25) is 0 Å². The highest BCUT2D eigenvalue weighted by Crippen LogP contribution is 2.37. The van der Waals surface area contributed by atoms with Gasteiger partial charge in [-0.3, -0.25) is 4.79 Å². The van der Waals surface area contributed by atoms with Crippen LogP contribution >= 0.6 is 0 Å². The Morgan fingerprint density at radius 2 is 1.59 bits per heavy atom. The first-order valence-electron chi connectivity index (χ1n) is 7.86. The summed E-state index contributed by atoms with van der Waals surface area (Å²) in [6.45, 7) is 0. The van der Waals surface area contributed by atoms with E-state index in [1.165, 1.54) is 0 Å². The first-order valence-corrected chi connectivity index (χ1v) is 7.86. The summed E-state index contributed by atoms with van der Waals surface area (Å²) in [7, 11) is 1.56. The van der Waals surface area contributed by atoms with Crippen molar-refractivity contribution in [1.29, 1.82) is 10.5 Å². The van der Waals surface area contributed by atoms with Gasteiger partial charge in [-0.1, -0.05) is 18.2 Å². The summed E-state index contributed by atoms with van der Waals surface area (Å²) in [6, 6.07) is 17.5. The Balaban J connectivity index is 2.19. The number of anilines is 1. The van der Waals surface area contributed by atoms with Crippen molar-refractivity contribution in [1.82, 2.24) is 4.98 Å². The van der Waals surface area contributed by atoms with Crippen molar-refractivity contribution >= 4 is 5.82 Å². The Bertz CT molecular complexity index is 1140. The van der Waals surface area contributed by atoms with Crippen molar-refractivity contribution in [2.24, 2.45) is 0 Å². The van der Waals surface area contributed by atoms with E-state index in [2.05, 4.69) is 4.98 Å². The Morgan fingerprint density at radius 3 is 2.22 bits per heavy atom. The molecule has 132 valence electrons. The molecular weight excluding hydrogens is 344 g/mol.